The molecule has 2 atom stereocenters. The lowest BCUT2D eigenvalue weighted by molar-refractivity contribution is 0.0698. The second-order valence-corrected chi connectivity index (χ2v) is 7.11. The van der Waals surface area contributed by atoms with Gasteiger partial charge in [-0.15, -0.1) is 0 Å². The van der Waals surface area contributed by atoms with Gasteiger partial charge in [-0.05, 0) is 66.1 Å². The van der Waals surface area contributed by atoms with Crippen molar-refractivity contribution in [3.63, 3.8) is 0 Å². The van der Waals surface area contributed by atoms with Crippen LogP contribution in [-0.2, 0) is 0 Å². The van der Waals surface area contributed by atoms with E-state index in [2.05, 4.69) is 38.5 Å². The summed E-state index contributed by atoms with van der Waals surface area (Å²) in [6.45, 7) is 0.665. The Labute approximate surface area is 136 Å². The summed E-state index contributed by atoms with van der Waals surface area (Å²) in [5, 5.41) is 0. The number of nitrogens with zero attached hydrogens (tertiary/aromatic N) is 1. The minimum atomic E-state index is 0.0936. The van der Waals surface area contributed by atoms with Gasteiger partial charge < -0.3 is 10.6 Å². The summed E-state index contributed by atoms with van der Waals surface area (Å²) >= 11 is 5.64. The van der Waals surface area contributed by atoms with Gasteiger partial charge in [0.25, 0.3) is 5.91 Å². The van der Waals surface area contributed by atoms with Crippen molar-refractivity contribution in [1.29, 1.82) is 0 Å². The number of carbonyl (C=O) groups is 1. The van der Waals surface area contributed by atoms with Crippen LogP contribution in [-0.4, -0.2) is 30.4 Å². The average molecular weight is 437 g/mol. The van der Waals surface area contributed by atoms with Crippen LogP contribution in [0.1, 0.15) is 29.6 Å². The first-order valence-electron chi connectivity index (χ1n) is 6.47. The molecule has 5 heteroatoms. The molecule has 3 nitrogen and oxygen atoms in total. The Morgan fingerprint density at radius 1 is 1.53 bits per heavy atom. The second-order valence-electron chi connectivity index (χ2n) is 5.03. The molecule has 0 saturated heterocycles. The van der Waals surface area contributed by atoms with Gasteiger partial charge >= 0.3 is 0 Å². The lowest BCUT2D eigenvalue weighted by Gasteiger charge is -2.29. The van der Waals surface area contributed by atoms with Crippen molar-refractivity contribution in [1.82, 2.24) is 4.90 Å². The Hall–Kier alpha value is -0.140. The zero-order chi connectivity index (χ0) is 14.0. The third-order valence-electron chi connectivity index (χ3n) is 3.90. The minimum absolute atomic E-state index is 0.0936. The minimum Gasteiger partial charge on any atom is -0.338 e. The van der Waals surface area contributed by atoms with Gasteiger partial charge in [-0.25, -0.2) is 0 Å². The standard InChI is InChI=1S/C14H18BrIN2O/c1-18(13-4-2-3-9(13)8-17)14(19)11-7-10(15)5-6-12(11)16/h5-7,9,13H,2-4,8,17H2,1H3. The van der Waals surface area contributed by atoms with Crippen LogP contribution < -0.4 is 5.73 Å². The largest absolute Gasteiger partial charge is 0.338 e. The molecule has 1 saturated carbocycles. The molecule has 1 aromatic carbocycles. The SMILES string of the molecule is CN(C(=O)c1cc(Br)ccc1I)C1CCCC1CN. The molecule has 104 valence electrons. The van der Waals surface area contributed by atoms with Crippen LogP contribution in [0.15, 0.2) is 22.7 Å². The van der Waals surface area contributed by atoms with Gasteiger partial charge in [0.2, 0.25) is 0 Å². The molecule has 0 radical (unpaired) electrons. The van der Waals surface area contributed by atoms with Crippen molar-refractivity contribution in [2.45, 2.75) is 25.3 Å². The highest BCUT2D eigenvalue weighted by molar-refractivity contribution is 14.1. The number of rotatable bonds is 3. The maximum Gasteiger partial charge on any atom is 0.254 e. The summed E-state index contributed by atoms with van der Waals surface area (Å²) in [7, 11) is 1.90. The Morgan fingerprint density at radius 2 is 2.26 bits per heavy atom. The van der Waals surface area contributed by atoms with E-state index in [1.807, 2.05) is 30.1 Å². The van der Waals surface area contributed by atoms with E-state index >= 15 is 0 Å². The van der Waals surface area contributed by atoms with Gasteiger partial charge in [0, 0.05) is 21.1 Å². The molecule has 0 spiro atoms. The molecule has 0 heterocycles. The molecular formula is C14H18BrIN2O. The smallest absolute Gasteiger partial charge is 0.254 e. The Balaban J connectivity index is 2.21. The lowest BCUT2D eigenvalue weighted by Crippen LogP contribution is -2.41. The zero-order valence-corrected chi connectivity index (χ0v) is 14.6. The van der Waals surface area contributed by atoms with Crippen LogP contribution >= 0.6 is 38.5 Å². The monoisotopic (exact) mass is 436 g/mol. The molecule has 1 aliphatic carbocycles. The number of hydrogen-bond donors (Lipinski definition) is 1. The van der Waals surface area contributed by atoms with E-state index < -0.39 is 0 Å². The fraction of sp³-hybridized carbons (Fsp3) is 0.500. The van der Waals surface area contributed by atoms with Crippen LogP contribution in [0.3, 0.4) is 0 Å². The van der Waals surface area contributed by atoms with Gasteiger partial charge in [-0.3, -0.25) is 4.79 Å². The Kier molecular flexibility index (Phi) is 5.25. The topological polar surface area (TPSA) is 46.3 Å². The summed E-state index contributed by atoms with van der Waals surface area (Å²) in [6, 6.07) is 6.09. The normalized spacial score (nSPS) is 22.5. The van der Waals surface area contributed by atoms with Crippen molar-refractivity contribution in [2.75, 3.05) is 13.6 Å². The van der Waals surface area contributed by atoms with Crippen molar-refractivity contribution in [3.05, 3.63) is 31.8 Å². The average Bonchev–Trinajstić information content (AvgIpc) is 2.88. The quantitative estimate of drug-likeness (QED) is 0.739. The lowest BCUT2D eigenvalue weighted by atomic mass is 10.0. The third-order valence-corrected chi connectivity index (χ3v) is 5.33. The fourth-order valence-corrected chi connectivity index (χ4v) is 3.73. The molecule has 2 rings (SSSR count). The molecular weight excluding hydrogens is 419 g/mol. The number of amides is 1. The number of halogens is 2. The first-order chi connectivity index (χ1) is 9.04. The predicted molar refractivity (Wildman–Crippen MR) is 89.1 cm³/mol. The molecule has 0 aliphatic heterocycles. The van der Waals surface area contributed by atoms with Crippen molar-refractivity contribution < 1.29 is 4.79 Å². The van der Waals surface area contributed by atoms with E-state index in [9.17, 15) is 4.79 Å². The number of hydrogen-bond acceptors (Lipinski definition) is 2. The summed E-state index contributed by atoms with van der Waals surface area (Å²) in [5.41, 5.74) is 6.57. The molecule has 1 aromatic rings. The Morgan fingerprint density at radius 3 is 2.95 bits per heavy atom. The van der Waals surface area contributed by atoms with Gasteiger partial charge in [0.15, 0.2) is 0 Å². The molecule has 19 heavy (non-hydrogen) atoms. The van der Waals surface area contributed by atoms with Crippen LogP contribution in [0.4, 0.5) is 0 Å². The Bertz CT molecular complexity index is 481. The maximum absolute atomic E-state index is 12.6. The molecule has 1 fully saturated rings. The third kappa shape index (κ3) is 3.31. The predicted octanol–water partition coefficient (Wildman–Crippen LogP) is 3.25. The summed E-state index contributed by atoms with van der Waals surface area (Å²) in [6.07, 6.45) is 3.36. The van der Waals surface area contributed by atoms with Gasteiger partial charge in [0.1, 0.15) is 0 Å². The van der Waals surface area contributed by atoms with Crippen molar-refractivity contribution >= 4 is 44.4 Å². The fourth-order valence-electron chi connectivity index (χ4n) is 2.80. The second kappa shape index (κ2) is 6.54. The van der Waals surface area contributed by atoms with E-state index in [1.54, 1.807) is 0 Å². The van der Waals surface area contributed by atoms with E-state index in [0.29, 0.717) is 12.5 Å². The molecule has 1 amide bonds. The van der Waals surface area contributed by atoms with Crippen molar-refractivity contribution in [2.24, 2.45) is 11.7 Å². The summed E-state index contributed by atoms with van der Waals surface area (Å²) in [5.74, 6) is 0.537. The van der Waals surface area contributed by atoms with E-state index in [-0.39, 0.29) is 11.9 Å². The van der Waals surface area contributed by atoms with E-state index in [4.69, 9.17) is 5.73 Å². The summed E-state index contributed by atoms with van der Waals surface area (Å²) < 4.78 is 1.92. The van der Waals surface area contributed by atoms with Crippen LogP contribution in [0.5, 0.6) is 0 Å². The first kappa shape index (κ1) is 15.3. The van der Waals surface area contributed by atoms with Gasteiger partial charge in [0.05, 0.1) is 5.56 Å². The molecule has 1 aliphatic rings. The van der Waals surface area contributed by atoms with E-state index in [0.717, 1.165) is 26.4 Å². The number of carbonyl (C=O) groups excluding carboxylic acids is 1. The number of benzene rings is 1. The zero-order valence-electron chi connectivity index (χ0n) is 10.9. The molecule has 2 unspecified atom stereocenters. The highest BCUT2D eigenvalue weighted by Crippen LogP contribution is 2.30. The van der Waals surface area contributed by atoms with E-state index in [1.165, 1.54) is 6.42 Å². The molecule has 2 N–H and O–H groups in total. The summed E-state index contributed by atoms with van der Waals surface area (Å²) in [4.78, 5) is 14.5. The van der Waals surface area contributed by atoms with Gasteiger partial charge in [-0.2, -0.15) is 0 Å². The van der Waals surface area contributed by atoms with Crippen LogP contribution in [0.2, 0.25) is 0 Å². The van der Waals surface area contributed by atoms with Gasteiger partial charge in [-0.1, -0.05) is 22.4 Å². The van der Waals surface area contributed by atoms with Crippen LogP contribution in [0.25, 0.3) is 0 Å². The van der Waals surface area contributed by atoms with Crippen molar-refractivity contribution in [3.8, 4) is 0 Å². The highest BCUT2D eigenvalue weighted by Gasteiger charge is 2.32. The highest BCUT2D eigenvalue weighted by atomic mass is 127. The molecule has 0 aromatic heterocycles. The number of nitrogens with two attached hydrogens (primary N) is 1. The first-order valence-corrected chi connectivity index (χ1v) is 8.34. The maximum atomic E-state index is 12.6. The van der Waals surface area contributed by atoms with Crippen LogP contribution in [0, 0.1) is 9.49 Å². The molecule has 0 bridgehead atoms.